The lowest BCUT2D eigenvalue weighted by Crippen LogP contribution is -2.24. The molecule has 0 aliphatic carbocycles. The molecule has 0 bridgehead atoms. The minimum atomic E-state index is 0.0566. The molecule has 0 atom stereocenters. The van der Waals surface area contributed by atoms with Gasteiger partial charge in [-0.15, -0.1) is 0 Å². The van der Waals surface area contributed by atoms with Crippen LogP contribution >= 0.6 is 0 Å². The van der Waals surface area contributed by atoms with Crippen molar-refractivity contribution >= 4 is 11.5 Å². The molecule has 4 heteroatoms. The van der Waals surface area contributed by atoms with E-state index in [2.05, 4.69) is 24.1 Å². The Balaban J connectivity index is 2.49. The third kappa shape index (κ3) is 4.16. The Labute approximate surface area is 90.5 Å². The fourth-order valence-electron chi connectivity index (χ4n) is 1.26. The number of aliphatic hydroxyl groups is 1. The first kappa shape index (κ1) is 11.8. The molecule has 15 heavy (non-hydrogen) atoms. The summed E-state index contributed by atoms with van der Waals surface area (Å²) in [4.78, 5) is 4.15. The Morgan fingerprint density at radius 1 is 1.53 bits per heavy atom. The summed E-state index contributed by atoms with van der Waals surface area (Å²) >= 11 is 0. The van der Waals surface area contributed by atoms with Crippen LogP contribution in [0, 0.1) is 5.41 Å². The fourth-order valence-corrected chi connectivity index (χ4v) is 1.26. The molecule has 4 nitrogen and oxygen atoms in total. The van der Waals surface area contributed by atoms with Gasteiger partial charge in [0, 0.05) is 31.1 Å². The molecule has 0 aromatic carbocycles. The number of aromatic nitrogens is 1. The fraction of sp³-hybridized carbons (Fsp3) is 0.545. The maximum absolute atomic E-state index is 8.88. The lowest BCUT2D eigenvalue weighted by molar-refractivity contribution is 0.220. The number of nitrogens with zero attached hydrogens (tertiary/aromatic N) is 1. The predicted octanol–water partition coefficient (Wildman–Crippen LogP) is 1.48. The molecule has 0 radical (unpaired) electrons. The van der Waals surface area contributed by atoms with Gasteiger partial charge >= 0.3 is 0 Å². The SMILES string of the molecule is CC(C)(CCO)CNc1cc(N)ccn1. The summed E-state index contributed by atoms with van der Waals surface area (Å²) in [5.74, 6) is 0.779. The van der Waals surface area contributed by atoms with E-state index in [1.54, 1.807) is 18.3 Å². The van der Waals surface area contributed by atoms with Gasteiger partial charge in [0.15, 0.2) is 0 Å². The number of nitrogens with two attached hydrogens (primary N) is 1. The van der Waals surface area contributed by atoms with Crippen molar-refractivity contribution in [1.29, 1.82) is 0 Å². The largest absolute Gasteiger partial charge is 0.399 e. The van der Waals surface area contributed by atoms with Crippen molar-refractivity contribution < 1.29 is 5.11 Å². The maximum atomic E-state index is 8.88. The molecule has 0 aliphatic rings. The number of pyridine rings is 1. The van der Waals surface area contributed by atoms with Crippen molar-refractivity contribution in [2.24, 2.45) is 5.41 Å². The number of hydrogen-bond acceptors (Lipinski definition) is 4. The molecule has 0 unspecified atom stereocenters. The Morgan fingerprint density at radius 2 is 2.27 bits per heavy atom. The average Bonchev–Trinajstić information content (AvgIpc) is 2.15. The van der Waals surface area contributed by atoms with Crippen molar-refractivity contribution in [2.45, 2.75) is 20.3 Å². The van der Waals surface area contributed by atoms with Crippen LogP contribution in [-0.2, 0) is 0 Å². The highest BCUT2D eigenvalue weighted by atomic mass is 16.3. The second-order valence-electron chi connectivity index (χ2n) is 4.47. The highest BCUT2D eigenvalue weighted by Gasteiger charge is 2.16. The first-order valence-electron chi connectivity index (χ1n) is 5.10. The van der Waals surface area contributed by atoms with Gasteiger partial charge in [-0.3, -0.25) is 0 Å². The molecule has 1 aromatic heterocycles. The van der Waals surface area contributed by atoms with E-state index in [-0.39, 0.29) is 12.0 Å². The summed E-state index contributed by atoms with van der Waals surface area (Å²) in [6.07, 6.45) is 2.44. The Morgan fingerprint density at radius 3 is 2.87 bits per heavy atom. The van der Waals surface area contributed by atoms with Gasteiger partial charge < -0.3 is 16.2 Å². The third-order valence-electron chi connectivity index (χ3n) is 2.32. The quantitative estimate of drug-likeness (QED) is 0.687. The number of aliphatic hydroxyl groups excluding tert-OH is 1. The second kappa shape index (κ2) is 4.98. The minimum absolute atomic E-state index is 0.0566. The molecule has 0 saturated carbocycles. The molecular formula is C11H19N3O. The summed E-state index contributed by atoms with van der Waals surface area (Å²) in [6.45, 7) is 5.17. The second-order valence-corrected chi connectivity index (χ2v) is 4.47. The van der Waals surface area contributed by atoms with Crippen molar-refractivity contribution in [3.8, 4) is 0 Å². The van der Waals surface area contributed by atoms with Crippen molar-refractivity contribution in [3.05, 3.63) is 18.3 Å². The molecular weight excluding hydrogens is 190 g/mol. The number of nitrogen functional groups attached to an aromatic ring is 1. The van der Waals surface area contributed by atoms with Crippen LogP contribution in [-0.4, -0.2) is 23.2 Å². The van der Waals surface area contributed by atoms with Gasteiger partial charge in [-0.1, -0.05) is 13.8 Å². The zero-order chi connectivity index (χ0) is 11.3. The van der Waals surface area contributed by atoms with Gasteiger partial charge in [0.25, 0.3) is 0 Å². The van der Waals surface area contributed by atoms with Crippen LogP contribution < -0.4 is 11.1 Å². The molecule has 0 saturated heterocycles. The summed E-state index contributed by atoms with van der Waals surface area (Å²) in [5.41, 5.74) is 6.39. The van der Waals surface area contributed by atoms with E-state index < -0.39 is 0 Å². The van der Waals surface area contributed by atoms with Crippen LogP contribution in [0.25, 0.3) is 0 Å². The Hall–Kier alpha value is -1.29. The summed E-state index contributed by atoms with van der Waals surface area (Å²) < 4.78 is 0. The van der Waals surface area contributed by atoms with Crippen molar-refractivity contribution in [3.63, 3.8) is 0 Å². The highest BCUT2D eigenvalue weighted by Crippen LogP contribution is 2.20. The molecule has 0 fully saturated rings. The maximum Gasteiger partial charge on any atom is 0.127 e. The van der Waals surface area contributed by atoms with Crippen LogP contribution in [0.1, 0.15) is 20.3 Å². The number of hydrogen-bond donors (Lipinski definition) is 3. The van der Waals surface area contributed by atoms with Gasteiger partial charge in [-0.2, -0.15) is 0 Å². The van der Waals surface area contributed by atoms with Crippen LogP contribution in [0.4, 0.5) is 11.5 Å². The highest BCUT2D eigenvalue weighted by molar-refractivity contribution is 5.48. The molecule has 4 N–H and O–H groups in total. The first-order valence-corrected chi connectivity index (χ1v) is 5.10. The molecule has 1 aromatic rings. The number of rotatable bonds is 5. The summed E-state index contributed by atoms with van der Waals surface area (Å²) in [6, 6.07) is 3.55. The van der Waals surface area contributed by atoms with Crippen LogP contribution in [0.2, 0.25) is 0 Å². The standard InChI is InChI=1S/C11H19N3O/c1-11(2,4-6-15)8-14-10-7-9(12)3-5-13-10/h3,5,7,15H,4,6,8H2,1-2H3,(H3,12,13,14). The topological polar surface area (TPSA) is 71.2 Å². The number of nitrogens with one attached hydrogen (secondary N) is 1. The Kier molecular flexibility index (Phi) is 3.91. The summed E-state index contributed by atoms with van der Waals surface area (Å²) in [5, 5.41) is 12.1. The van der Waals surface area contributed by atoms with Gasteiger partial charge in [-0.25, -0.2) is 4.98 Å². The van der Waals surface area contributed by atoms with Crippen LogP contribution in [0.3, 0.4) is 0 Å². The lowest BCUT2D eigenvalue weighted by Gasteiger charge is -2.24. The number of anilines is 2. The molecule has 1 rings (SSSR count). The first-order chi connectivity index (χ1) is 7.03. The van der Waals surface area contributed by atoms with E-state index >= 15 is 0 Å². The molecule has 0 spiro atoms. The smallest absolute Gasteiger partial charge is 0.127 e. The van der Waals surface area contributed by atoms with E-state index in [0.717, 1.165) is 18.8 Å². The molecule has 84 valence electrons. The van der Waals surface area contributed by atoms with Crippen LogP contribution in [0.15, 0.2) is 18.3 Å². The average molecular weight is 209 g/mol. The molecule has 0 amide bonds. The van der Waals surface area contributed by atoms with E-state index in [1.165, 1.54) is 0 Å². The zero-order valence-electron chi connectivity index (χ0n) is 9.33. The van der Waals surface area contributed by atoms with E-state index in [4.69, 9.17) is 10.8 Å². The van der Waals surface area contributed by atoms with Gasteiger partial charge in [0.05, 0.1) is 0 Å². The minimum Gasteiger partial charge on any atom is -0.399 e. The van der Waals surface area contributed by atoms with Crippen molar-refractivity contribution in [1.82, 2.24) is 4.98 Å². The van der Waals surface area contributed by atoms with Gasteiger partial charge in [0.2, 0.25) is 0 Å². The monoisotopic (exact) mass is 209 g/mol. The van der Waals surface area contributed by atoms with E-state index in [1.807, 2.05) is 0 Å². The summed E-state index contributed by atoms with van der Waals surface area (Å²) in [7, 11) is 0. The molecule has 0 aliphatic heterocycles. The molecule has 1 heterocycles. The Bertz CT molecular complexity index is 312. The van der Waals surface area contributed by atoms with E-state index in [9.17, 15) is 0 Å². The van der Waals surface area contributed by atoms with Crippen LogP contribution in [0.5, 0.6) is 0 Å². The lowest BCUT2D eigenvalue weighted by atomic mass is 9.90. The third-order valence-corrected chi connectivity index (χ3v) is 2.32. The van der Waals surface area contributed by atoms with Gasteiger partial charge in [0.1, 0.15) is 5.82 Å². The van der Waals surface area contributed by atoms with Crippen molar-refractivity contribution in [2.75, 3.05) is 24.2 Å². The predicted molar refractivity (Wildman–Crippen MR) is 62.6 cm³/mol. The zero-order valence-corrected chi connectivity index (χ0v) is 9.33. The van der Waals surface area contributed by atoms with E-state index in [0.29, 0.717) is 5.69 Å². The van der Waals surface area contributed by atoms with Gasteiger partial charge in [-0.05, 0) is 17.9 Å². The normalized spacial score (nSPS) is 11.4.